The van der Waals surface area contributed by atoms with Crippen LogP contribution in [0.3, 0.4) is 0 Å². The number of aryl methyl sites for hydroxylation is 1. The van der Waals surface area contributed by atoms with Crippen LogP contribution in [0, 0.1) is 18.7 Å². The number of likely N-dealkylation sites (tertiary alicyclic amines) is 1. The molecule has 0 N–H and O–H groups in total. The molecule has 4 rings (SSSR count). The van der Waals surface area contributed by atoms with Gasteiger partial charge in [0.25, 0.3) is 5.91 Å². The van der Waals surface area contributed by atoms with Gasteiger partial charge < -0.3 is 19.3 Å². The molecule has 1 unspecified atom stereocenters. The van der Waals surface area contributed by atoms with Crippen LogP contribution in [0.25, 0.3) is 0 Å². The van der Waals surface area contributed by atoms with Gasteiger partial charge in [-0.25, -0.2) is 4.39 Å². The molecule has 3 fully saturated rings. The van der Waals surface area contributed by atoms with Crippen LogP contribution in [-0.2, 0) is 9.47 Å². The second-order valence-electron chi connectivity index (χ2n) is 8.27. The van der Waals surface area contributed by atoms with Gasteiger partial charge >= 0.3 is 0 Å². The highest BCUT2D eigenvalue weighted by molar-refractivity contribution is 5.94. The average Bonchev–Trinajstić information content (AvgIpc) is 3.17. The summed E-state index contributed by atoms with van der Waals surface area (Å²) in [5, 5.41) is 0. The van der Waals surface area contributed by atoms with Crippen molar-refractivity contribution in [3.8, 4) is 0 Å². The van der Waals surface area contributed by atoms with Crippen LogP contribution in [0.2, 0.25) is 0 Å². The quantitative estimate of drug-likeness (QED) is 0.813. The standard InChI is InChI=1S/C21H29FN2O3/c1-16-2-3-18(19(22)12-16)20(25)24-9-11-27-21(15-24)5-7-23(8-6-21)13-17-4-10-26-14-17/h2-3,12,17H,4-11,13-15H2,1H3. The van der Waals surface area contributed by atoms with Crippen molar-refractivity contribution in [2.24, 2.45) is 5.92 Å². The van der Waals surface area contributed by atoms with Crippen LogP contribution >= 0.6 is 0 Å². The zero-order valence-electron chi connectivity index (χ0n) is 16.1. The van der Waals surface area contributed by atoms with Gasteiger partial charge in [0, 0.05) is 32.8 Å². The van der Waals surface area contributed by atoms with E-state index in [1.807, 2.05) is 6.92 Å². The molecule has 1 aromatic rings. The first-order valence-corrected chi connectivity index (χ1v) is 10.0. The summed E-state index contributed by atoms with van der Waals surface area (Å²) in [6.45, 7) is 8.25. The number of piperidine rings is 1. The maximum Gasteiger partial charge on any atom is 0.257 e. The van der Waals surface area contributed by atoms with Crippen LogP contribution in [-0.4, -0.2) is 73.9 Å². The summed E-state index contributed by atoms with van der Waals surface area (Å²) in [6.07, 6.45) is 2.99. The Kier molecular flexibility index (Phi) is 5.48. The lowest BCUT2D eigenvalue weighted by Crippen LogP contribution is -2.58. The van der Waals surface area contributed by atoms with Gasteiger partial charge in [-0.3, -0.25) is 4.79 Å². The molecule has 27 heavy (non-hydrogen) atoms. The topological polar surface area (TPSA) is 42.0 Å². The number of rotatable bonds is 3. The second-order valence-corrected chi connectivity index (χ2v) is 8.27. The minimum Gasteiger partial charge on any atom is -0.381 e. The lowest BCUT2D eigenvalue weighted by Gasteiger charge is -2.47. The fourth-order valence-electron chi connectivity index (χ4n) is 4.52. The molecule has 3 saturated heterocycles. The lowest BCUT2D eigenvalue weighted by atomic mass is 9.88. The molecule has 1 amide bonds. The molecule has 1 aromatic carbocycles. The van der Waals surface area contributed by atoms with Crippen molar-refractivity contribution < 1.29 is 18.7 Å². The Labute approximate surface area is 160 Å². The van der Waals surface area contributed by atoms with E-state index in [1.165, 1.54) is 6.07 Å². The summed E-state index contributed by atoms with van der Waals surface area (Å²) in [5.41, 5.74) is 0.705. The first-order chi connectivity index (χ1) is 13.0. The fourth-order valence-corrected chi connectivity index (χ4v) is 4.52. The molecular weight excluding hydrogens is 347 g/mol. The van der Waals surface area contributed by atoms with Crippen LogP contribution in [0.5, 0.6) is 0 Å². The van der Waals surface area contributed by atoms with E-state index in [9.17, 15) is 9.18 Å². The molecule has 0 radical (unpaired) electrons. The first kappa shape index (κ1) is 18.8. The largest absolute Gasteiger partial charge is 0.381 e. The van der Waals surface area contributed by atoms with E-state index in [0.29, 0.717) is 25.6 Å². The molecule has 5 nitrogen and oxygen atoms in total. The van der Waals surface area contributed by atoms with Gasteiger partial charge in [-0.1, -0.05) is 6.07 Å². The van der Waals surface area contributed by atoms with Crippen molar-refractivity contribution in [2.45, 2.75) is 31.8 Å². The number of morpholine rings is 1. The third-order valence-corrected chi connectivity index (χ3v) is 6.20. The molecule has 1 atom stereocenters. The lowest BCUT2D eigenvalue weighted by molar-refractivity contribution is -0.128. The molecule has 0 saturated carbocycles. The van der Waals surface area contributed by atoms with Gasteiger partial charge in [0.2, 0.25) is 0 Å². The summed E-state index contributed by atoms with van der Waals surface area (Å²) in [4.78, 5) is 17.1. The molecular formula is C21H29FN2O3. The van der Waals surface area contributed by atoms with E-state index in [2.05, 4.69) is 4.90 Å². The summed E-state index contributed by atoms with van der Waals surface area (Å²) < 4.78 is 25.9. The van der Waals surface area contributed by atoms with Crippen molar-refractivity contribution in [1.29, 1.82) is 0 Å². The SMILES string of the molecule is Cc1ccc(C(=O)N2CCOC3(CCN(CC4CCOC4)CC3)C2)c(F)c1. The number of ether oxygens (including phenoxy) is 2. The summed E-state index contributed by atoms with van der Waals surface area (Å²) in [7, 11) is 0. The second kappa shape index (κ2) is 7.86. The predicted octanol–water partition coefficient (Wildman–Crippen LogP) is 2.48. The number of benzene rings is 1. The van der Waals surface area contributed by atoms with E-state index >= 15 is 0 Å². The highest BCUT2D eigenvalue weighted by atomic mass is 19.1. The number of carbonyl (C=O) groups excluding carboxylic acids is 1. The highest BCUT2D eigenvalue weighted by Crippen LogP contribution is 2.31. The average molecular weight is 376 g/mol. The first-order valence-electron chi connectivity index (χ1n) is 10.0. The van der Waals surface area contributed by atoms with Gasteiger partial charge in [0.05, 0.1) is 30.9 Å². The van der Waals surface area contributed by atoms with Gasteiger partial charge in [-0.05, 0) is 49.8 Å². The van der Waals surface area contributed by atoms with Crippen LogP contribution < -0.4 is 0 Å². The molecule has 3 heterocycles. The minimum absolute atomic E-state index is 0.163. The Morgan fingerprint density at radius 2 is 2.07 bits per heavy atom. The van der Waals surface area contributed by atoms with Crippen LogP contribution in [0.1, 0.15) is 35.2 Å². The smallest absolute Gasteiger partial charge is 0.257 e. The molecule has 0 aromatic heterocycles. The Morgan fingerprint density at radius 1 is 1.26 bits per heavy atom. The zero-order valence-corrected chi connectivity index (χ0v) is 16.1. The van der Waals surface area contributed by atoms with Crippen molar-refractivity contribution in [3.63, 3.8) is 0 Å². The number of hydrogen-bond donors (Lipinski definition) is 0. The van der Waals surface area contributed by atoms with Gasteiger partial charge in [0.15, 0.2) is 0 Å². The molecule has 1 spiro atoms. The maximum absolute atomic E-state index is 14.2. The maximum atomic E-state index is 14.2. The van der Waals surface area contributed by atoms with E-state index in [0.717, 1.165) is 57.7 Å². The molecule has 148 valence electrons. The monoisotopic (exact) mass is 376 g/mol. The predicted molar refractivity (Wildman–Crippen MR) is 100 cm³/mol. The number of carbonyl (C=O) groups is 1. The normalized spacial score (nSPS) is 25.9. The van der Waals surface area contributed by atoms with Crippen LogP contribution in [0.15, 0.2) is 18.2 Å². The highest BCUT2D eigenvalue weighted by Gasteiger charge is 2.41. The summed E-state index contributed by atoms with van der Waals surface area (Å²) in [5.74, 6) is -0.0104. The Balaban J connectivity index is 1.37. The summed E-state index contributed by atoms with van der Waals surface area (Å²) >= 11 is 0. The minimum atomic E-state index is -0.436. The number of nitrogens with zero attached hydrogens (tertiary/aromatic N) is 2. The van der Waals surface area contributed by atoms with Gasteiger partial charge in [0.1, 0.15) is 5.82 Å². The number of halogens is 1. The molecule has 6 heteroatoms. The van der Waals surface area contributed by atoms with Crippen molar-refractivity contribution in [2.75, 3.05) is 52.5 Å². The van der Waals surface area contributed by atoms with Crippen molar-refractivity contribution in [1.82, 2.24) is 9.80 Å². The zero-order chi connectivity index (χ0) is 18.9. The van der Waals surface area contributed by atoms with Gasteiger partial charge in [-0.15, -0.1) is 0 Å². The van der Waals surface area contributed by atoms with Crippen molar-refractivity contribution in [3.05, 3.63) is 35.1 Å². The van der Waals surface area contributed by atoms with Crippen molar-refractivity contribution >= 4 is 5.91 Å². The Bertz CT molecular complexity index is 682. The molecule has 3 aliphatic rings. The molecule has 0 aliphatic carbocycles. The molecule has 0 bridgehead atoms. The summed E-state index contributed by atoms with van der Waals surface area (Å²) in [6, 6.07) is 4.81. The van der Waals surface area contributed by atoms with E-state index in [4.69, 9.17) is 9.47 Å². The third-order valence-electron chi connectivity index (χ3n) is 6.20. The Hall–Kier alpha value is -1.50. The number of hydrogen-bond acceptors (Lipinski definition) is 4. The van der Waals surface area contributed by atoms with E-state index < -0.39 is 5.82 Å². The third kappa shape index (κ3) is 4.18. The number of amides is 1. The fraction of sp³-hybridized carbons (Fsp3) is 0.667. The van der Waals surface area contributed by atoms with Gasteiger partial charge in [-0.2, -0.15) is 0 Å². The Morgan fingerprint density at radius 3 is 2.78 bits per heavy atom. The van der Waals surface area contributed by atoms with E-state index in [1.54, 1.807) is 17.0 Å². The van der Waals surface area contributed by atoms with E-state index in [-0.39, 0.29) is 17.1 Å². The molecule has 3 aliphatic heterocycles. The van der Waals surface area contributed by atoms with Crippen LogP contribution in [0.4, 0.5) is 4.39 Å².